The van der Waals surface area contributed by atoms with Crippen molar-refractivity contribution in [1.29, 1.82) is 0 Å². The number of aromatic nitrogens is 1. The molecule has 0 spiro atoms. The van der Waals surface area contributed by atoms with E-state index in [2.05, 4.69) is 16.8 Å². The normalized spacial score (nSPS) is 22.3. The fourth-order valence-corrected chi connectivity index (χ4v) is 2.99. The lowest BCUT2D eigenvalue weighted by atomic mass is 9.87. The number of piperidine rings is 1. The molecule has 2 unspecified atom stereocenters. The van der Waals surface area contributed by atoms with Crippen LogP contribution in [0.2, 0.25) is 0 Å². The number of hydrogen-bond acceptors (Lipinski definition) is 4. The van der Waals surface area contributed by atoms with E-state index < -0.39 is 0 Å². The van der Waals surface area contributed by atoms with Crippen LogP contribution in [-0.2, 0) is 6.54 Å². The number of nitrogens with zero attached hydrogens (tertiary/aromatic N) is 2. The van der Waals surface area contributed by atoms with Crippen LogP contribution >= 0.6 is 12.4 Å². The third kappa shape index (κ3) is 3.88. The van der Waals surface area contributed by atoms with Gasteiger partial charge in [-0.3, -0.25) is 4.90 Å². The van der Waals surface area contributed by atoms with E-state index in [1.807, 2.05) is 36.5 Å². The molecule has 1 saturated heterocycles. The molecule has 22 heavy (non-hydrogen) atoms. The molecular formula is C17H24ClN3O. The van der Waals surface area contributed by atoms with Crippen LogP contribution < -0.4 is 5.73 Å². The number of halogens is 1. The maximum absolute atomic E-state index is 5.88. The summed E-state index contributed by atoms with van der Waals surface area (Å²) in [6.07, 6.45) is 3.02. The molecule has 1 aromatic heterocycles. The number of hydrogen-bond donors (Lipinski definition) is 1. The summed E-state index contributed by atoms with van der Waals surface area (Å²) >= 11 is 0. The Morgan fingerprint density at radius 1 is 1.32 bits per heavy atom. The number of rotatable bonds is 4. The summed E-state index contributed by atoms with van der Waals surface area (Å²) in [4.78, 5) is 6.82. The Hall–Kier alpha value is -1.36. The second-order valence-electron chi connectivity index (χ2n) is 5.98. The first kappa shape index (κ1) is 17.0. The van der Waals surface area contributed by atoms with Gasteiger partial charge in [0.05, 0.1) is 12.7 Å². The van der Waals surface area contributed by atoms with E-state index in [9.17, 15) is 0 Å². The first-order valence-electron chi connectivity index (χ1n) is 7.69. The SMILES string of the molecule is CC1CCN(Cc2ncc(-c3ccccc3)o2)CC1CN.Cl. The van der Waals surface area contributed by atoms with Gasteiger partial charge in [0, 0.05) is 12.1 Å². The third-order valence-electron chi connectivity index (χ3n) is 4.47. The molecule has 2 heterocycles. The molecular weight excluding hydrogens is 298 g/mol. The van der Waals surface area contributed by atoms with Crippen molar-refractivity contribution in [3.63, 3.8) is 0 Å². The summed E-state index contributed by atoms with van der Waals surface area (Å²) in [5.74, 6) is 2.93. The minimum atomic E-state index is 0. The van der Waals surface area contributed by atoms with Gasteiger partial charge in [-0.1, -0.05) is 37.3 Å². The average Bonchev–Trinajstić information content (AvgIpc) is 2.98. The molecule has 0 aliphatic carbocycles. The van der Waals surface area contributed by atoms with Crippen LogP contribution in [0.25, 0.3) is 11.3 Å². The molecule has 3 rings (SSSR count). The van der Waals surface area contributed by atoms with Crippen LogP contribution in [-0.4, -0.2) is 29.5 Å². The summed E-state index contributed by atoms with van der Waals surface area (Å²) < 4.78 is 5.88. The maximum Gasteiger partial charge on any atom is 0.209 e. The highest BCUT2D eigenvalue weighted by Gasteiger charge is 2.25. The molecule has 0 bridgehead atoms. The Morgan fingerprint density at radius 2 is 2.09 bits per heavy atom. The van der Waals surface area contributed by atoms with Crippen molar-refractivity contribution in [2.24, 2.45) is 17.6 Å². The first-order valence-corrected chi connectivity index (χ1v) is 7.69. The quantitative estimate of drug-likeness (QED) is 0.939. The van der Waals surface area contributed by atoms with E-state index in [4.69, 9.17) is 10.2 Å². The molecule has 1 aromatic carbocycles. The maximum atomic E-state index is 5.88. The van der Waals surface area contributed by atoms with E-state index in [-0.39, 0.29) is 12.4 Å². The summed E-state index contributed by atoms with van der Waals surface area (Å²) in [5, 5.41) is 0. The fourth-order valence-electron chi connectivity index (χ4n) is 2.99. The van der Waals surface area contributed by atoms with E-state index in [0.717, 1.165) is 49.3 Å². The standard InChI is InChI=1S/C17H23N3O.ClH/c1-13-7-8-20(11-15(13)9-18)12-17-19-10-16(21-17)14-5-3-2-4-6-14;/h2-6,10,13,15H,7-9,11-12,18H2,1H3;1H. The Balaban J connectivity index is 0.00000176. The first-order chi connectivity index (χ1) is 10.3. The molecule has 120 valence electrons. The highest BCUT2D eigenvalue weighted by atomic mass is 35.5. The van der Waals surface area contributed by atoms with Gasteiger partial charge in [0.15, 0.2) is 5.76 Å². The lowest BCUT2D eigenvalue weighted by Gasteiger charge is -2.35. The molecule has 2 N–H and O–H groups in total. The Bertz CT molecular complexity index is 572. The van der Waals surface area contributed by atoms with Crippen molar-refractivity contribution in [1.82, 2.24) is 9.88 Å². The molecule has 0 radical (unpaired) electrons. The van der Waals surface area contributed by atoms with Gasteiger partial charge >= 0.3 is 0 Å². The zero-order chi connectivity index (χ0) is 14.7. The van der Waals surface area contributed by atoms with Crippen LogP contribution in [0.15, 0.2) is 40.9 Å². The van der Waals surface area contributed by atoms with Crippen molar-refractivity contribution in [3.05, 3.63) is 42.4 Å². The van der Waals surface area contributed by atoms with Crippen molar-refractivity contribution in [2.45, 2.75) is 19.9 Å². The van der Waals surface area contributed by atoms with Crippen LogP contribution in [0.5, 0.6) is 0 Å². The van der Waals surface area contributed by atoms with Crippen LogP contribution in [0, 0.1) is 11.8 Å². The van der Waals surface area contributed by atoms with Crippen molar-refractivity contribution >= 4 is 12.4 Å². The molecule has 0 saturated carbocycles. The zero-order valence-corrected chi connectivity index (χ0v) is 13.8. The van der Waals surface area contributed by atoms with Crippen molar-refractivity contribution in [3.8, 4) is 11.3 Å². The summed E-state index contributed by atoms with van der Waals surface area (Å²) in [7, 11) is 0. The molecule has 1 aliphatic rings. The summed E-state index contributed by atoms with van der Waals surface area (Å²) in [6, 6.07) is 10.1. The van der Waals surface area contributed by atoms with Gasteiger partial charge in [0.2, 0.25) is 5.89 Å². The monoisotopic (exact) mass is 321 g/mol. The number of likely N-dealkylation sites (tertiary alicyclic amines) is 1. The van der Waals surface area contributed by atoms with Crippen LogP contribution in [0.4, 0.5) is 0 Å². The Kier molecular flexibility index (Phi) is 6.00. The average molecular weight is 322 g/mol. The smallest absolute Gasteiger partial charge is 0.209 e. The van der Waals surface area contributed by atoms with E-state index in [1.165, 1.54) is 6.42 Å². The minimum absolute atomic E-state index is 0. The fraction of sp³-hybridized carbons (Fsp3) is 0.471. The molecule has 2 aromatic rings. The van der Waals surface area contributed by atoms with Gasteiger partial charge in [0.25, 0.3) is 0 Å². The lowest BCUT2D eigenvalue weighted by molar-refractivity contribution is 0.117. The second-order valence-corrected chi connectivity index (χ2v) is 5.98. The number of benzene rings is 1. The molecule has 5 heteroatoms. The van der Waals surface area contributed by atoms with Crippen molar-refractivity contribution < 1.29 is 4.42 Å². The highest BCUT2D eigenvalue weighted by Crippen LogP contribution is 2.25. The number of oxazole rings is 1. The van der Waals surface area contributed by atoms with E-state index in [0.29, 0.717) is 5.92 Å². The largest absolute Gasteiger partial charge is 0.439 e. The van der Waals surface area contributed by atoms with Gasteiger partial charge in [-0.05, 0) is 31.3 Å². The van der Waals surface area contributed by atoms with Gasteiger partial charge in [-0.15, -0.1) is 12.4 Å². The summed E-state index contributed by atoms with van der Waals surface area (Å²) in [5.41, 5.74) is 6.94. The molecule has 1 aliphatic heterocycles. The molecule has 4 nitrogen and oxygen atoms in total. The topological polar surface area (TPSA) is 55.3 Å². The Labute approximate surface area is 138 Å². The van der Waals surface area contributed by atoms with Gasteiger partial charge in [0.1, 0.15) is 0 Å². The minimum Gasteiger partial charge on any atom is -0.439 e. The highest BCUT2D eigenvalue weighted by molar-refractivity contribution is 5.85. The third-order valence-corrected chi connectivity index (χ3v) is 4.47. The second kappa shape index (κ2) is 7.77. The summed E-state index contributed by atoms with van der Waals surface area (Å²) in [6.45, 7) is 5.98. The van der Waals surface area contributed by atoms with Crippen LogP contribution in [0.3, 0.4) is 0 Å². The predicted molar refractivity (Wildman–Crippen MR) is 90.8 cm³/mol. The predicted octanol–water partition coefficient (Wildman–Crippen LogP) is 3.18. The molecule has 1 fully saturated rings. The molecule has 2 atom stereocenters. The lowest BCUT2D eigenvalue weighted by Crippen LogP contribution is -2.42. The Morgan fingerprint density at radius 3 is 2.82 bits per heavy atom. The van der Waals surface area contributed by atoms with E-state index >= 15 is 0 Å². The zero-order valence-electron chi connectivity index (χ0n) is 12.9. The van der Waals surface area contributed by atoms with Crippen LogP contribution in [0.1, 0.15) is 19.2 Å². The van der Waals surface area contributed by atoms with E-state index in [1.54, 1.807) is 0 Å². The van der Waals surface area contributed by atoms with Crippen molar-refractivity contribution in [2.75, 3.05) is 19.6 Å². The van der Waals surface area contributed by atoms with Gasteiger partial charge < -0.3 is 10.2 Å². The molecule has 0 amide bonds. The number of nitrogens with two attached hydrogens (primary N) is 1. The van der Waals surface area contributed by atoms with Gasteiger partial charge in [-0.25, -0.2) is 4.98 Å². The van der Waals surface area contributed by atoms with Gasteiger partial charge in [-0.2, -0.15) is 0 Å².